The van der Waals surface area contributed by atoms with Crippen LogP contribution in [-0.2, 0) is 22.6 Å². The number of hydrogen-bond acceptors (Lipinski definition) is 10. The Labute approximate surface area is 282 Å². The van der Waals surface area contributed by atoms with Crippen molar-refractivity contribution in [2.75, 3.05) is 25.1 Å². The molecule has 278 valence electrons. The molecule has 50 heavy (non-hydrogen) atoms. The van der Waals surface area contributed by atoms with Gasteiger partial charge in [0.25, 0.3) is 5.91 Å². The van der Waals surface area contributed by atoms with Crippen LogP contribution < -0.4 is 25.8 Å². The van der Waals surface area contributed by atoms with Crippen molar-refractivity contribution in [2.24, 2.45) is 5.73 Å². The molecule has 3 rings (SSSR count). The molecular weight excluding hydrogens is 686 g/mol. The molecule has 0 saturated heterocycles. The first-order valence-electron chi connectivity index (χ1n) is 14.8. The fourth-order valence-corrected chi connectivity index (χ4v) is 4.16. The summed E-state index contributed by atoms with van der Waals surface area (Å²) >= 11 is 0. The van der Waals surface area contributed by atoms with Gasteiger partial charge >= 0.3 is 24.3 Å². The highest BCUT2D eigenvalue weighted by Gasteiger charge is 2.38. The summed E-state index contributed by atoms with van der Waals surface area (Å²) in [6.45, 7) is 8.69. The van der Waals surface area contributed by atoms with Gasteiger partial charge < -0.3 is 46.3 Å². The molecule has 1 aromatic heterocycles. The number of amides is 1. The predicted molar refractivity (Wildman–Crippen MR) is 168 cm³/mol. The van der Waals surface area contributed by atoms with Crippen molar-refractivity contribution in [2.45, 2.75) is 65.2 Å². The molecule has 1 amide bonds. The molecule has 0 saturated carbocycles. The van der Waals surface area contributed by atoms with Crippen LogP contribution in [-0.4, -0.2) is 87.6 Å². The number of alkyl halides is 6. The zero-order valence-corrected chi connectivity index (χ0v) is 27.3. The molecule has 0 aliphatic rings. The van der Waals surface area contributed by atoms with Crippen molar-refractivity contribution in [3.05, 3.63) is 53.2 Å². The minimum atomic E-state index is -5.08. The van der Waals surface area contributed by atoms with Gasteiger partial charge in [-0.05, 0) is 50.5 Å². The number of carboxylic acids is 2. The monoisotopic (exact) mass is 724 g/mol. The van der Waals surface area contributed by atoms with Crippen molar-refractivity contribution in [1.82, 2.24) is 10.3 Å². The van der Waals surface area contributed by atoms with Crippen LogP contribution in [0.2, 0.25) is 0 Å². The van der Waals surface area contributed by atoms with Gasteiger partial charge in [-0.25, -0.2) is 9.59 Å². The standard InChI is InChI=1S/C27H36N4O5.2C2HF3O2/c1-5-18-17(13-29-23(15-32)16(4)33)9-8-10-21(18)31-26-19-11-24(35-6-2)25(36-7-3)12-22(19)30-14-20(26)27(28)34;2*3-2(4,5)1(6)7/h8-12,14,16,23,29,32-33H,5-7,13,15H2,1-4H3,(H2,28,34)(H,30,31);2*(H,6,7)/t16-,23-;;/m1../s1. The summed E-state index contributed by atoms with van der Waals surface area (Å²) in [4.78, 5) is 34.6. The summed E-state index contributed by atoms with van der Waals surface area (Å²) in [6.07, 6.45) is -8.68. The Bertz CT molecular complexity index is 1580. The maximum atomic E-state index is 12.4. The van der Waals surface area contributed by atoms with Gasteiger partial charge in [-0.15, -0.1) is 0 Å². The molecule has 1 heterocycles. The van der Waals surface area contributed by atoms with Crippen LogP contribution in [0, 0.1) is 0 Å². The maximum absolute atomic E-state index is 12.4. The molecule has 2 atom stereocenters. The number of halogens is 6. The molecule has 0 fully saturated rings. The van der Waals surface area contributed by atoms with E-state index in [0.29, 0.717) is 54.3 Å². The number of hydrogen-bond donors (Lipinski definition) is 7. The lowest BCUT2D eigenvalue weighted by Crippen LogP contribution is -2.40. The number of fused-ring (bicyclic) bond motifs is 1. The molecule has 0 radical (unpaired) electrons. The fourth-order valence-electron chi connectivity index (χ4n) is 4.16. The van der Waals surface area contributed by atoms with Crippen molar-refractivity contribution in [3.63, 3.8) is 0 Å². The third-order valence-electron chi connectivity index (χ3n) is 6.50. The molecule has 3 aromatic rings. The Morgan fingerprint density at radius 3 is 1.88 bits per heavy atom. The molecule has 13 nitrogen and oxygen atoms in total. The number of carbonyl (C=O) groups is 3. The van der Waals surface area contributed by atoms with E-state index in [2.05, 4.69) is 15.6 Å². The predicted octanol–water partition coefficient (Wildman–Crippen LogP) is 4.54. The van der Waals surface area contributed by atoms with E-state index in [1.807, 2.05) is 45.0 Å². The Kier molecular flexibility index (Phi) is 16.7. The molecule has 8 N–H and O–H groups in total. The number of carboxylic acid groups (broad SMARTS) is 2. The lowest BCUT2D eigenvalue weighted by molar-refractivity contribution is -0.193. The highest BCUT2D eigenvalue weighted by Crippen LogP contribution is 2.38. The normalized spacial score (nSPS) is 12.4. The fraction of sp³-hybridized carbons (Fsp3) is 0.419. The summed E-state index contributed by atoms with van der Waals surface area (Å²) < 4.78 is 75.0. The summed E-state index contributed by atoms with van der Waals surface area (Å²) in [6, 6.07) is 9.03. The molecule has 0 bridgehead atoms. The first-order chi connectivity index (χ1) is 23.2. The summed E-state index contributed by atoms with van der Waals surface area (Å²) in [5.74, 6) is -4.98. The maximum Gasteiger partial charge on any atom is 0.490 e. The van der Waals surface area contributed by atoms with Gasteiger partial charge in [0, 0.05) is 29.9 Å². The third kappa shape index (κ3) is 12.9. The third-order valence-corrected chi connectivity index (χ3v) is 6.50. The number of aliphatic carboxylic acids is 2. The smallest absolute Gasteiger partial charge is 0.490 e. The first-order valence-corrected chi connectivity index (χ1v) is 14.8. The molecule has 0 unspecified atom stereocenters. The second-order valence-corrected chi connectivity index (χ2v) is 10.0. The number of nitrogens with zero attached hydrogens (tertiary/aromatic N) is 1. The van der Waals surface area contributed by atoms with Crippen molar-refractivity contribution in [3.8, 4) is 11.5 Å². The van der Waals surface area contributed by atoms with Crippen LogP contribution in [0.4, 0.5) is 37.7 Å². The van der Waals surface area contributed by atoms with Gasteiger partial charge in [0.15, 0.2) is 11.5 Å². The largest absolute Gasteiger partial charge is 0.490 e. The highest BCUT2D eigenvalue weighted by atomic mass is 19.4. The van der Waals surface area contributed by atoms with Crippen molar-refractivity contribution in [1.29, 1.82) is 0 Å². The van der Waals surface area contributed by atoms with Gasteiger partial charge in [-0.3, -0.25) is 9.78 Å². The molecular formula is C31H38F6N4O9. The van der Waals surface area contributed by atoms with E-state index in [0.717, 1.165) is 16.8 Å². The van der Waals surface area contributed by atoms with E-state index in [-0.39, 0.29) is 12.2 Å². The van der Waals surface area contributed by atoms with Gasteiger partial charge in [0.05, 0.1) is 48.7 Å². The summed E-state index contributed by atoms with van der Waals surface area (Å²) in [5.41, 5.74) is 10.0. The number of carbonyl (C=O) groups excluding carboxylic acids is 1. The van der Waals surface area contributed by atoms with Crippen LogP contribution >= 0.6 is 0 Å². The lowest BCUT2D eigenvalue weighted by atomic mass is 10.0. The number of nitrogens with one attached hydrogen (secondary N) is 2. The number of ether oxygens (including phenoxy) is 2. The molecule has 0 aliphatic carbocycles. The highest BCUT2D eigenvalue weighted by molar-refractivity contribution is 6.08. The second kappa shape index (κ2) is 19.3. The Hall–Kier alpha value is -4.88. The van der Waals surface area contributed by atoms with E-state index in [1.54, 1.807) is 13.0 Å². The zero-order valence-electron chi connectivity index (χ0n) is 27.3. The number of primary amides is 1. The van der Waals surface area contributed by atoms with Gasteiger partial charge in [-0.1, -0.05) is 19.1 Å². The number of benzene rings is 2. The first kappa shape index (κ1) is 43.1. The van der Waals surface area contributed by atoms with E-state index in [4.69, 9.17) is 35.0 Å². The van der Waals surface area contributed by atoms with Crippen LogP contribution in [0.3, 0.4) is 0 Å². The van der Waals surface area contributed by atoms with Crippen LogP contribution in [0.25, 0.3) is 10.9 Å². The van der Waals surface area contributed by atoms with Gasteiger partial charge in [0.1, 0.15) is 0 Å². The van der Waals surface area contributed by atoms with Crippen LogP contribution in [0.15, 0.2) is 36.5 Å². The quantitative estimate of drug-likeness (QED) is 0.121. The second-order valence-electron chi connectivity index (χ2n) is 10.0. The SMILES string of the molecule is CCOc1cc2ncc(C(N)=O)c(Nc3cccc(CN[C@H](CO)[C@@H](C)O)c3CC)c2cc1OCC.O=C(O)C(F)(F)F.O=C(O)C(F)(F)F. The molecule has 19 heteroatoms. The van der Waals surface area contributed by atoms with E-state index in [1.165, 1.54) is 6.20 Å². The van der Waals surface area contributed by atoms with Crippen LogP contribution in [0.5, 0.6) is 11.5 Å². The van der Waals surface area contributed by atoms with Gasteiger partial charge in [-0.2, -0.15) is 26.3 Å². The van der Waals surface area contributed by atoms with Crippen molar-refractivity contribution >= 4 is 40.1 Å². The van der Waals surface area contributed by atoms with Gasteiger partial charge in [0.2, 0.25) is 0 Å². The van der Waals surface area contributed by atoms with Crippen molar-refractivity contribution < 1.29 is 70.6 Å². The summed E-state index contributed by atoms with van der Waals surface area (Å²) in [7, 11) is 0. The Morgan fingerprint density at radius 2 is 1.46 bits per heavy atom. The van der Waals surface area contributed by atoms with E-state index in [9.17, 15) is 41.4 Å². The minimum absolute atomic E-state index is 0.173. The van der Waals surface area contributed by atoms with E-state index < -0.39 is 42.3 Å². The Morgan fingerprint density at radius 1 is 0.940 bits per heavy atom. The number of aromatic nitrogens is 1. The number of anilines is 2. The lowest BCUT2D eigenvalue weighted by Gasteiger charge is -2.22. The average Bonchev–Trinajstić information content (AvgIpc) is 3.01. The molecule has 0 spiro atoms. The number of aliphatic hydroxyl groups excluding tert-OH is 2. The number of rotatable bonds is 13. The molecule has 2 aromatic carbocycles. The number of nitrogens with two attached hydrogens (primary N) is 1. The number of pyridine rings is 1. The minimum Gasteiger partial charge on any atom is -0.490 e. The molecule has 0 aliphatic heterocycles. The topological polar surface area (TPSA) is 214 Å². The van der Waals surface area contributed by atoms with E-state index >= 15 is 0 Å². The summed E-state index contributed by atoms with van der Waals surface area (Å²) in [5, 5.41) is 41.0. The van der Waals surface area contributed by atoms with Crippen LogP contribution in [0.1, 0.15) is 49.2 Å². The Balaban J connectivity index is 0.000000748. The average molecular weight is 725 g/mol. The number of aliphatic hydroxyl groups is 2. The zero-order chi connectivity index (χ0) is 38.4.